The molecule has 0 aliphatic heterocycles. The third kappa shape index (κ3) is 2.99. The molecule has 0 saturated heterocycles. The van der Waals surface area contributed by atoms with Crippen molar-refractivity contribution in [2.45, 2.75) is 19.6 Å². The van der Waals surface area contributed by atoms with Crippen LogP contribution in [0.25, 0.3) is 11.1 Å². The molecule has 0 aliphatic rings. The van der Waals surface area contributed by atoms with Crippen LogP contribution in [-0.4, -0.2) is 26.4 Å². The molecule has 0 unspecified atom stereocenters. The maximum absolute atomic E-state index is 10.5. The van der Waals surface area contributed by atoms with Crippen molar-refractivity contribution in [1.82, 2.24) is 0 Å². The number of hydrogen-bond donors (Lipinski definition) is 1. The predicted octanol–water partition coefficient (Wildman–Crippen LogP) is 3.65. The lowest BCUT2D eigenvalue weighted by Crippen LogP contribution is -2.38. The molecule has 1 N–H and O–H groups in total. The summed E-state index contributed by atoms with van der Waals surface area (Å²) in [6.45, 7) is 6.72. The normalized spacial score (nSPS) is 12.0. The van der Waals surface area contributed by atoms with Crippen LogP contribution in [0, 0.1) is 0 Å². The van der Waals surface area contributed by atoms with Gasteiger partial charge in [-0.3, -0.25) is 4.99 Å². The lowest BCUT2D eigenvalue weighted by molar-refractivity contribution is 0.478. The molecular formula is C17H21NOSi. The monoisotopic (exact) mass is 283 g/mol. The average molecular weight is 283 g/mol. The molecule has 0 heterocycles. The minimum Gasteiger partial charge on any atom is -0.507 e. The largest absolute Gasteiger partial charge is 0.507 e. The van der Waals surface area contributed by atoms with Gasteiger partial charge in [-0.25, -0.2) is 0 Å². The maximum Gasteiger partial charge on any atom is 0.123 e. The van der Waals surface area contributed by atoms with Crippen LogP contribution in [0.2, 0.25) is 19.6 Å². The van der Waals surface area contributed by atoms with Crippen molar-refractivity contribution >= 4 is 19.5 Å². The maximum atomic E-state index is 10.5. The molecule has 104 valence electrons. The number of aromatic hydroxyl groups is 1. The molecule has 0 fully saturated rings. The summed E-state index contributed by atoms with van der Waals surface area (Å²) in [6, 6.07) is 14.4. The van der Waals surface area contributed by atoms with Crippen molar-refractivity contribution in [1.29, 1.82) is 0 Å². The van der Waals surface area contributed by atoms with Crippen molar-refractivity contribution in [3.8, 4) is 16.9 Å². The van der Waals surface area contributed by atoms with Gasteiger partial charge in [-0.1, -0.05) is 56.0 Å². The summed E-state index contributed by atoms with van der Waals surface area (Å²) < 4.78 is 0. The molecule has 0 radical (unpaired) electrons. The Balaban J connectivity index is 2.68. The third-order valence-corrected chi connectivity index (χ3v) is 5.32. The minimum atomic E-state index is -1.61. The van der Waals surface area contributed by atoms with Gasteiger partial charge in [0, 0.05) is 18.8 Å². The molecule has 2 aromatic rings. The number of phenolic OH excluding ortho intramolecular Hbond substituents is 1. The van der Waals surface area contributed by atoms with E-state index in [-0.39, 0.29) is 0 Å². The highest BCUT2D eigenvalue weighted by atomic mass is 28.3. The summed E-state index contributed by atoms with van der Waals surface area (Å²) in [7, 11) is 0.111. The molecule has 0 atom stereocenters. The van der Waals surface area contributed by atoms with E-state index in [0.717, 1.165) is 21.9 Å². The van der Waals surface area contributed by atoms with E-state index in [2.05, 4.69) is 42.8 Å². The summed E-state index contributed by atoms with van der Waals surface area (Å²) in [6.07, 6.45) is 1.73. The van der Waals surface area contributed by atoms with Gasteiger partial charge in [0.15, 0.2) is 0 Å². The van der Waals surface area contributed by atoms with E-state index in [1.807, 2.05) is 24.3 Å². The molecule has 20 heavy (non-hydrogen) atoms. The molecule has 0 amide bonds. The van der Waals surface area contributed by atoms with Gasteiger partial charge >= 0.3 is 0 Å². The Hall–Kier alpha value is -1.87. The fourth-order valence-electron chi connectivity index (χ4n) is 2.26. The Labute approximate surface area is 121 Å². The topological polar surface area (TPSA) is 32.6 Å². The summed E-state index contributed by atoms with van der Waals surface area (Å²) >= 11 is 0. The molecule has 0 aromatic heterocycles. The van der Waals surface area contributed by atoms with Crippen LogP contribution in [-0.2, 0) is 0 Å². The second-order valence-electron chi connectivity index (χ2n) is 5.96. The van der Waals surface area contributed by atoms with Crippen LogP contribution in [0.15, 0.2) is 47.5 Å². The molecule has 0 spiro atoms. The molecule has 3 heteroatoms. The van der Waals surface area contributed by atoms with Crippen LogP contribution in [0.5, 0.6) is 5.75 Å². The average Bonchev–Trinajstić information content (AvgIpc) is 2.41. The number of nitrogens with zero attached hydrogens (tertiary/aromatic N) is 1. The molecule has 0 aliphatic carbocycles. The summed E-state index contributed by atoms with van der Waals surface area (Å²) in [5, 5.41) is 11.5. The van der Waals surface area contributed by atoms with Gasteiger partial charge in [-0.05, 0) is 22.4 Å². The van der Waals surface area contributed by atoms with E-state index >= 15 is 0 Å². The quantitative estimate of drug-likeness (QED) is 0.677. The van der Waals surface area contributed by atoms with Crippen molar-refractivity contribution in [3.05, 3.63) is 48.0 Å². The van der Waals surface area contributed by atoms with E-state index < -0.39 is 8.07 Å². The summed E-state index contributed by atoms with van der Waals surface area (Å²) in [5.74, 6) is 0.384. The summed E-state index contributed by atoms with van der Waals surface area (Å²) in [4.78, 5) is 4.06. The van der Waals surface area contributed by atoms with E-state index in [9.17, 15) is 5.11 Å². The predicted molar refractivity (Wildman–Crippen MR) is 90.0 cm³/mol. The van der Waals surface area contributed by atoms with Crippen LogP contribution in [0.3, 0.4) is 0 Å². The molecule has 2 nitrogen and oxygen atoms in total. The van der Waals surface area contributed by atoms with Crippen molar-refractivity contribution < 1.29 is 5.11 Å². The molecule has 0 saturated carbocycles. The first-order valence-corrected chi connectivity index (χ1v) is 10.3. The van der Waals surface area contributed by atoms with Gasteiger partial charge in [-0.15, -0.1) is 0 Å². The number of benzene rings is 2. The Bertz CT molecular complexity index is 627. The first kappa shape index (κ1) is 14.5. The molecule has 2 aromatic carbocycles. The van der Waals surface area contributed by atoms with Crippen LogP contribution >= 0.6 is 0 Å². The number of aliphatic imine (C=N–C) groups is 1. The van der Waals surface area contributed by atoms with Crippen LogP contribution in [0.4, 0.5) is 0 Å². The van der Waals surface area contributed by atoms with Gasteiger partial charge in [0.05, 0.1) is 8.07 Å². The van der Waals surface area contributed by atoms with Gasteiger partial charge in [0.1, 0.15) is 5.75 Å². The molecule has 0 bridgehead atoms. The first-order chi connectivity index (χ1) is 9.43. The standard InChI is InChI=1S/C17H21NOSi/c1-18-12-15-10-14(13-8-6-5-7-9-13)11-16(17(15)19)20(2,3)4/h5-12,19H,1-4H3. The highest BCUT2D eigenvalue weighted by Crippen LogP contribution is 2.26. The number of phenols is 1. The fraction of sp³-hybridized carbons (Fsp3) is 0.235. The van der Waals surface area contributed by atoms with Gasteiger partial charge in [0.2, 0.25) is 0 Å². The van der Waals surface area contributed by atoms with E-state index in [1.165, 1.54) is 0 Å². The van der Waals surface area contributed by atoms with Gasteiger partial charge in [-0.2, -0.15) is 0 Å². The lowest BCUT2D eigenvalue weighted by atomic mass is 10.0. The lowest BCUT2D eigenvalue weighted by Gasteiger charge is -2.21. The molecule has 2 rings (SSSR count). The number of hydrogen-bond acceptors (Lipinski definition) is 2. The third-order valence-electron chi connectivity index (χ3n) is 3.32. The van der Waals surface area contributed by atoms with Crippen molar-refractivity contribution in [2.75, 3.05) is 7.05 Å². The Kier molecular flexibility index (Phi) is 4.09. The minimum absolute atomic E-state index is 0.384. The summed E-state index contributed by atoms with van der Waals surface area (Å²) in [5.41, 5.74) is 3.10. The van der Waals surface area contributed by atoms with Gasteiger partial charge in [0.25, 0.3) is 0 Å². The smallest absolute Gasteiger partial charge is 0.123 e. The van der Waals surface area contributed by atoms with E-state index in [4.69, 9.17) is 0 Å². The van der Waals surface area contributed by atoms with Crippen LogP contribution in [0.1, 0.15) is 5.56 Å². The zero-order chi connectivity index (χ0) is 14.8. The zero-order valence-corrected chi connectivity index (χ0v) is 13.5. The van der Waals surface area contributed by atoms with Crippen LogP contribution < -0.4 is 5.19 Å². The molecular weight excluding hydrogens is 262 g/mol. The Morgan fingerprint density at radius 2 is 1.65 bits per heavy atom. The van der Waals surface area contributed by atoms with Crippen molar-refractivity contribution in [2.24, 2.45) is 4.99 Å². The first-order valence-electron chi connectivity index (χ1n) is 6.78. The van der Waals surface area contributed by atoms with E-state index in [0.29, 0.717) is 5.75 Å². The zero-order valence-electron chi connectivity index (χ0n) is 12.5. The van der Waals surface area contributed by atoms with E-state index in [1.54, 1.807) is 13.3 Å². The second-order valence-corrected chi connectivity index (χ2v) is 11.0. The Morgan fingerprint density at radius 3 is 2.20 bits per heavy atom. The van der Waals surface area contributed by atoms with Crippen molar-refractivity contribution in [3.63, 3.8) is 0 Å². The number of rotatable bonds is 3. The highest BCUT2D eigenvalue weighted by Gasteiger charge is 2.23. The second kappa shape index (κ2) is 5.63. The highest BCUT2D eigenvalue weighted by molar-refractivity contribution is 6.89. The fourth-order valence-corrected chi connectivity index (χ4v) is 3.71. The SMILES string of the molecule is CN=Cc1cc(-c2ccccc2)cc([Si](C)(C)C)c1O. The van der Waals surface area contributed by atoms with Gasteiger partial charge < -0.3 is 5.11 Å². The Morgan fingerprint density at radius 1 is 1.00 bits per heavy atom.